The molecule has 0 atom stereocenters. The normalized spacial score (nSPS) is 19.8. The van der Waals surface area contributed by atoms with Crippen LogP contribution in [-0.4, -0.2) is 35.4 Å². The van der Waals surface area contributed by atoms with Gasteiger partial charge in [-0.2, -0.15) is 0 Å². The van der Waals surface area contributed by atoms with Crippen LogP contribution in [0.4, 0.5) is 0 Å². The molecule has 1 saturated carbocycles. The van der Waals surface area contributed by atoms with Crippen LogP contribution in [0.1, 0.15) is 65.7 Å². The third kappa shape index (κ3) is 7.53. The van der Waals surface area contributed by atoms with Crippen molar-refractivity contribution >= 4 is 5.97 Å². The number of esters is 1. The third-order valence-corrected chi connectivity index (χ3v) is 3.41. The van der Waals surface area contributed by atoms with Crippen molar-refractivity contribution in [1.29, 1.82) is 0 Å². The minimum Gasteiger partial charge on any atom is -0.460 e. The molecule has 0 aliphatic heterocycles. The zero-order valence-electron chi connectivity index (χ0n) is 12.6. The van der Waals surface area contributed by atoms with Gasteiger partial charge in [0.15, 0.2) is 0 Å². The van der Waals surface area contributed by atoms with Crippen LogP contribution in [0.25, 0.3) is 0 Å². The fourth-order valence-corrected chi connectivity index (χ4v) is 2.47. The van der Waals surface area contributed by atoms with Crippen molar-refractivity contribution in [1.82, 2.24) is 5.32 Å². The molecule has 0 heterocycles. The van der Waals surface area contributed by atoms with Crippen LogP contribution in [0, 0.1) is 0 Å². The summed E-state index contributed by atoms with van der Waals surface area (Å²) in [7, 11) is 0. The first-order valence-corrected chi connectivity index (χ1v) is 7.46. The van der Waals surface area contributed by atoms with Crippen molar-refractivity contribution in [2.75, 3.05) is 13.1 Å². The lowest BCUT2D eigenvalue weighted by Gasteiger charge is -2.27. The smallest absolute Gasteiger partial charge is 0.307 e. The van der Waals surface area contributed by atoms with Crippen LogP contribution in [0.3, 0.4) is 0 Å². The summed E-state index contributed by atoms with van der Waals surface area (Å²) in [6.07, 6.45) is 6.74. The summed E-state index contributed by atoms with van der Waals surface area (Å²) in [4.78, 5) is 11.5. The molecule has 0 unspecified atom stereocenters. The van der Waals surface area contributed by atoms with Crippen LogP contribution in [0.15, 0.2) is 0 Å². The monoisotopic (exact) mass is 271 g/mol. The van der Waals surface area contributed by atoms with E-state index in [2.05, 4.69) is 5.32 Å². The highest BCUT2D eigenvalue weighted by molar-refractivity contribution is 5.70. The van der Waals surface area contributed by atoms with Crippen LogP contribution in [0.5, 0.6) is 0 Å². The average molecular weight is 271 g/mol. The van der Waals surface area contributed by atoms with E-state index in [0.717, 1.165) is 25.7 Å². The number of carbonyl (C=O) groups is 1. The van der Waals surface area contributed by atoms with Crippen LogP contribution >= 0.6 is 0 Å². The third-order valence-electron chi connectivity index (χ3n) is 3.41. The standard InChI is InChI=1S/C15H29NO3/c1-14(2,3)19-13(17)8-11-16-12-15(18)9-6-4-5-7-10-15/h16,18H,4-12H2,1-3H3. The van der Waals surface area contributed by atoms with E-state index in [4.69, 9.17) is 4.74 Å². The molecule has 0 aromatic rings. The molecule has 1 fully saturated rings. The molecule has 0 aromatic heterocycles. The Morgan fingerprint density at radius 3 is 2.32 bits per heavy atom. The molecule has 19 heavy (non-hydrogen) atoms. The van der Waals surface area contributed by atoms with Crippen molar-refractivity contribution in [3.63, 3.8) is 0 Å². The summed E-state index contributed by atoms with van der Waals surface area (Å²) in [6, 6.07) is 0. The Morgan fingerprint density at radius 1 is 1.21 bits per heavy atom. The Labute approximate surface area is 116 Å². The fraction of sp³-hybridized carbons (Fsp3) is 0.933. The maximum atomic E-state index is 11.5. The van der Waals surface area contributed by atoms with E-state index in [1.807, 2.05) is 20.8 Å². The van der Waals surface area contributed by atoms with Gasteiger partial charge in [0.05, 0.1) is 12.0 Å². The van der Waals surface area contributed by atoms with Crippen molar-refractivity contribution in [2.45, 2.75) is 76.9 Å². The molecule has 0 aromatic carbocycles. The Morgan fingerprint density at radius 2 is 1.79 bits per heavy atom. The molecule has 4 nitrogen and oxygen atoms in total. The van der Waals surface area contributed by atoms with Gasteiger partial charge >= 0.3 is 5.97 Å². The quantitative estimate of drug-likeness (QED) is 0.458. The molecule has 1 aliphatic rings. The van der Waals surface area contributed by atoms with Gasteiger partial charge in [0, 0.05) is 13.1 Å². The van der Waals surface area contributed by atoms with E-state index in [1.54, 1.807) is 0 Å². The van der Waals surface area contributed by atoms with E-state index >= 15 is 0 Å². The van der Waals surface area contributed by atoms with E-state index in [9.17, 15) is 9.90 Å². The molecule has 0 radical (unpaired) electrons. The van der Waals surface area contributed by atoms with Crippen LogP contribution in [-0.2, 0) is 9.53 Å². The lowest BCUT2D eigenvalue weighted by atomic mass is 9.94. The van der Waals surface area contributed by atoms with Crippen LogP contribution in [0.2, 0.25) is 0 Å². The van der Waals surface area contributed by atoms with E-state index in [0.29, 0.717) is 19.5 Å². The molecule has 1 rings (SSSR count). The van der Waals surface area contributed by atoms with Crippen LogP contribution < -0.4 is 5.32 Å². The second-order valence-electron chi connectivity index (χ2n) is 6.65. The number of aliphatic hydroxyl groups is 1. The summed E-state index contributed by atoms with van der Waals surface area (Å²) in [5.74, 6) is -0.187. The summed E-state index contributed by atoms with van der Waals surface area (Å²) < 4.78 is 5.23. The van der Waals surface area contributed by atoms with Gasteiger partial charge in [0.2, 0.25) is 0 Å². The minimum atomic E-state index is -0.579. The number of rotatable bonds is 5. The number of hydrogen-bond donors (Lipinski definition) is 2. The Bertz CT molecular complexity index is 276. The highest BCUT2D eigenvalue weighted by Gasteiger charge is 2.27. The maximum absolute atomic E-state index is 11.5. The first-order valence-electron chi connectivity index (χ1n) is 7.46. The van der Waals surface area contributed by atoms with Crippen molar-refractivity contribution in [2.24, 2.45) is 0 Å². The summed E-state index contributed by atoms with van der Waals surface area (Å²) in [5, 5.41) is 13.6. The molecule has 2 N–H and O–H groups in total. The summed E-state index contributed by atoms with van der Waals surface area (Å²) in [6.45, 7) is 6.75. The van der Waals surface area contributed by atoms with Gasteiger partial charge in [-0.1, -0.05) is 25.7 Å². The predicted octanol–water partition coefficient (Wildman–Crippen LogP) is 2.39. The SMILES string of the molecule is CC(C)(C)OC(=O)CCNCC1(O)CCCCCC1. The zero-order chi connectivity index (χ0) is 14.4. The van der Waals surface area contributed by atoms with Gasteiger partial charge < -0.3 is 15.2 Å². The predicted molar refractivity (Wildman–Crippen MR) is 76.0 cm³/mol. The maximum Gasteiger partial charge on any atom is 0.307 e. The second kappa shape index (κ2) is 7.25. The lowest BCUT2D eigenvalue weighted by Crippen LogP contribution is -2.41. The average Bonchev–Trinajstić information content (AvgIpc) is 2.48. The number of carbonyl (C=O) groups excluding carboxylic acids is 1. The van der Waals surface area contributed by atoms with Gasteiger partial charge in [-0.3, -0.25) is 4.79 Å². The molecule has 0 amide bonds. The van der Waals surface area contributed by atoms with Gasteiger partial charge in [0.1, 0.15) is 5.60 Å². The van der Waals surface area contributed by atoms with Crippen molar-refractivity contribution in [3.05, 3.63) is 0 Å². The lowest BCUT2D eigenvalue weighted by molar-refractivity contribution is -0.154. The highest BCUT2D eigenvalue weighted by Crippen LogP contribution is 2.26. The Kier molecular flexibility index (Phi) is 6.27. The van der Waals surface area contributed by atoms with Gasteiger partial charge in [-0.05, 0) is 33.6 Å². The molecule has 112 valence electrons. The molecular weight excluding hydrogens is 242 g/mol. The van der Waals surface area contributed by atoms with Gasteiger partial charge in [-0.25, -0.2) is 0 Å². The largest absolute Gasteiger partial charge is 0.460 e. The van der Waals surface area contributed by atoms with E-state index < -0.39 is 11.2 Å². The summed E-state index contributed by atoms with van der Waals surface area (Å²) in [5.41, 5.74) is -0.999. The van der Waals surface area contributed by atoms with E-state index in [-0.39, 0.29) is 5.97 Å². The molecular formula is C15H29NO3. The summed E-state index contributed by atoms with van der Waals surface area (Å²) >= 11 is 0. The molecule has 4 heteroatoms. The zero-order valence-corrected chi connectivity index (χ0v) is 12.6. The van der Waals surface area contributed by atoms with Gasteiger partial charge in [0.25, 0.3) is 0 Å². The van der Waals surface area contributed by atoms with Gasteiger partial charge in [-0.15, -0.1) is 0 Å². The Hall–Kier alpha value is -0.610. The minimum absolute atomic E-state index is 0.187. The molecule has 0 bridgehead atoms. The first kappa shape index (κ1) is 16.4. The molecule has 1 aliphatic carbocycles. The highest BCUT2D eigenvalue weighted by atomic mass is 16.6. The first-order chi connectivity index (χ1) is 8.81. The number of hydrogen-bond acceptors (Lipinski definition) is 4. The topological polar surface area (TPSA) is 58.6 Å². The van der Waals surface area contributed by atoms with Crippen molar-refractivity contribution in [3.8, 4) is 0 Å². The van der Waals surface area contributed by atoms with E-state index in [1.165, 1.54) is 12.8 Å². The Balaban J connectivity index is 2.17. The number of nitrogens with one attached hydrogen (secondary N) is 1. The fourth-order valence-electron chi connectivity index (χ4n) is 2.47. The molecule has 0 spiro atoms. The van der Waals surface area contributed by atoms with Crippen molar-refractivity contribution < 1.29 is 14.6 Å². The number of ether oxygens (including phenoxy) is 1. The second-order valence-corrected chi connectivity index (χ2v) is 6.65. The molecule has 0 saturated heterocycles.